The lowest BCUT2D eigenvalue weighted by Crippen LogP contribution is -2.31. The van der Waals surface area contributed by atoms with Crippen molar-refractivity contribution >= 4 is 28.7 Å². The monoisotopic (exact) mass is 247 g/mol. The number of fused-ring (bicyclic) bond motifs is 1. The number of hydrogen-bond acceptors (Lipinski definition) is 6. The van der Waals surface area contributed by atoms with Crippen molar-refractivity contribution in [1.29, 1.82) is 0 Å². The van der Waals surface area contributed by atoms with Crippen molar-refractivity contribution < 1.29 is 0 Å². The van der Waals surface area contributed by atoms with Gasteiger partial charge in [0.05, 0.1) is 0 Å². The van der Waals surface area contributed by atoms with Crippen LogP contribution in [0.15, 0.2) is 16.8 Å². The summed E-state index contributed by atoms with van der Waals surface area (Å²) in [4.78, 5) is 8.83. The van der Waals surface area contributed by atoms with E-state index < -0.39 is 0 Å². The third-order valence-corrected chi connectivity index (χ3v) is 3.37. The van der Waals surface area contributed by atoms with Gasteiger partial charge in [0.15, 0.2) is 17.5 Å². The van der Waals surface area contributed by atoms with Gasteiger partial charge in [0, 0.05) is 23.5 Å². The van der Waals surface area contributed by atoms with Crippen LogP contribution in [0, 0.1) is 0 Å². The Balaban J connectivity index is 2.09. The third-order valence-electron chi connectivity index (χ3n) is 2.68. The van der Waals surface area contributed by atoms with E-state index in [9.17, 15) is 0 Å². The van der Waals surface area contributed by atoms with E-state index in [1.807, 2.05) is 16.8 Å². The maximum Gasteiger partial charge on any atom is 0.164 e. The predicted molar refractivity (Wildman–Crippen MR) is 71.3 cm³/mol. The molecule has 17 heavy (non-hydrogen) atoms. The molecule has 0 aromatic carbocycles. The number of rotatable bonds is 1. The zero-order valence-electron chi connectivity index (χ0n) is 9.40. The molecule has 4 N–H and O–H groups in total. The van der Waals surface area contributed by atoms with E-state index in [4.69, 9.17) is 5.73 Å². The minimum absolute atomic E-state index is 0.340. The first-order valence-electron chi connectivity index (χ1n) is 5.44. The Morgan fingerprint density at radius 3 is 3.12 bits per heavy atom. The van der Waals surface area contributed by atoms with Gasteiger partial charge in [-0.3, -0.25) is 0 Å². The Bertz CT molecular complexity index is 537. The van der Waals surface area contributed by atoms with E-state index >= 15 is 0 Å². The fourth-order valence-electron chi connectivity index (χ4n) is 1.82. The van der Waals surface area contributed by atoms with Crippen molar-refractivity contribution in [3.8, 4) is 11.4 Å². The number of nitrogens with zero attached hydrogens (tertiary/aromatic N) is 2. The Labute approximate surface area is 103 Å². The first-order chi connectivity index (χ1) is 8.24. The normalized spacial score (nSPS) is 18.1. The molecular formula is C11H13N5S. The van der Waals surface area contributed by atoms with Gasteiger partial charge < -0.3 is 16.4 Å². The second-order valence-electron chi connectivity index (χ2n) is 4.09. The van der Waals surface area contributed by atoms with Gasteiger partial charge in [-0.1, -0.05) is 0 Å². The summed E-state index contributed by atoms with van der Waals surface area (Å²) in [7, 11) is 0. The van der Waals surface area contributed by atoms with Gasteiger partial charge in [-0.05, 0) is 18.4 Å². The van der Waals surface area contributed by atoms with Crippen molar-refractivity contribution in [1.82, 2.24) is 9.97 Å². The van der Waals surface area contributed by atoms with Gasteiger partial charge in [-0.2, -0.15) is 11.3 Å². The summed E-state index contributed by atoms with van der Waals surface area (Å²) >= 11 is 1.62. The van der Waals surface area contributed by atoms with Crippen LogP contribution in [-0.2, 0) is 0 Å². The van der Waals surface area contributed by atoms with Gasteiger partial charge in [-0.15, -0.1) is 0 Å². The zero-order valence-corrected chi connectivity index (χ0v) is 10.2. The largest absolute Gasteiger partial charge is 0.382 e. The molecule has 1 aliphatic rings. The van der Waals surface area contributed by atoms with Gasteiger partial charge in [-0.25, -0.2) is 9.97 Å². The smallest absolute Gasteiger partial charge is 0.164 e. The van der Waals surface area contributed by atoms with Crippen molar-refractivity contribution in [2.75, 3.05) is 22.9 Å². The van der Waals surface area contributed by atoms with Crippen LogP contribution in [0.25, 0.3) is 11.4 Å². The zero-order chi connectivity index (χ0) is 11.8. The number of nitrogens with one attached hydrogen (secondary N) is 2. The number of anilines is 3. The standard InChI is InChI=1S/C11H13N5S/c1-6-4-13-8-9(12)15-10(16-11(8)14-6)7-2-3-17-5-7/h2-3,5-6,13H,4H2,1H3,(H3,12,14,15,16). The number of aromatic nitrogens is 2. The quantitative estimate of drug-likeness (QED) is 0.718. The summed E-state index contributed by atoms with van der Waals surface area (Å²) in [5, 5.41) is 10.6. The second kappa shape index (κ2) is 3.89. The molecule has 0 saturated heterocycles. The van der Waals surface area contributed by atoms with E-state index in [1.165, 1.54) is 0 Å². The molecule has 0 amide bonds. The molecule has 6 heteroatoms. The van der Waals surface area contributed by atoms with Crippen molar-refractivity contribution in [2.45, 2.75) is 13.0 Å². The third kappa shape index (κ3) is 1.80. The highest BCUT2D eigenvalue weighted by Gasteiger charge is 2.19. The van der Waals surface area contributed by atoms with E-state index in [1.54, 1.807) is 11.3 Å². The second-order valence-corrected chi connectivity index (χ2v) is 4.87. The molecule has 3 rings (SSSR count). The van der Waals surface area contributed by atoms with Gasteiger partial charge >= 0.3 is 0 Å². The maximum absolute atomic E-state index is 5.94. The Kier molecular flexibility index (Phi) is 2.36. The molecule has 0 spiro atoms. The molecule has 2 aromatic rings. The molecule has 0 fully saturated rings. The first kappa shape index (κ1) is 10.3. The highest BCUT2D eigenvalue weighted by molar-refractivity contribution is 7.08. The molecule has 0 aliphatic carbocycles. The lowest BCUT2D eigenvalue weighted by Gasteiger charge is -2.25. The minimum Gasteiger partial charge on any atom is -0.382 e. The fourth-order valence-corrected chi connectivity index (χ4v) is 2.45. The van der Waals surface area contributed by atoms with Crippen LogP contribution >= 0.6 is 11.3 Å². The summed E-state index contributed by atoms with van der Waals surface area (Å²) < 4.78 is 0. The molecule has 0 radical (unpaired) electrons. The molecule has 0 bridgehead atoms. The van der Waals surface area contributed by atoms with Crippen LogP contribution < -0.4 is 16.4 Å². The first-order valence-corrected chi connectivity index (χ1v) is 6.39. The van der Waals surface area contributed by atoms with Crippen LogP contribution in [0.1, 0.15) is 6.92 Å². The topological polar surface area (TPSA) is 75.9 Å². The van der Waals surface area contributed by atoms with Crippen LogP contribution in [-0.4, -0.2) is 22.6 Å². The highest BCUT2D eigenvalue weighted by atomic mass is 32.1. The van der Waals surface area contributed by atoms with Crippen LogP contribution in [0.3, 0.4) is 0 Å². The number of thiophene rings is 1. The molecule has 2 aromatic heterocycles. The maximum atomic E-state index is 5.94. The summed E-state index contributed by atoms with van der Waals surface area (Å²) in [5.74, 6) is 1.96. The van der Waals surface area contributed by atoms with E-state index in [0.29, 0.717) is 17.7 Å². The van der Waals surface area contributed by atoms with E-state index in [2.05, 4.69) is 27.5 Å². The summed E-state index contributed by atoms with van der Waals surface area (Å²) in [6, 6.07) is 2.33. The molecule has 5 nitrogen and oxygen atoms in total. The Morgan fingerprint density at radius 2 is 2.35 bits per heavy atom. The highest BCUT2D eigenvalue weighted by Crippen LogP contribution is 2.31. The van der Waals surface area contributed by atoms with Crippen LogP contribution in [0.2, 0.25) is 0 Å². The van der Waals surface area contributed by atoms with Crippen molar-refractivity contribution in [2.24, 2.45) is 0 Å². The number of nitrogen functional groups attached to an aromatic ring is 1. The molecule has 1 atom stereocenters. The molecule has 1 aliphatic heterocycles. The minimum atomic E-state index is 0.340. The lowest BCUT2D eigenvalue weighted by atomic mass is 10.2. The van der Waals surface area contributed by atoms with Crippen LogP contribution in [0.4, 0.5) is 17.3 Å². The summed E-state index contributed by atoms with van der Waals surface area (Å²) in [6.45, 7) is 2.93. The van der Waals surface area contributed by atoms with E-state index in [0.717, 1.165) is 23.6 Å². The van der Waals surface area contributed by atoms with Crippen molar-refractivity contribution in [3.05, 3.63) is 16.8 Å². The fraction of sp³-hybridized carbons (Fsp3) is 0.273. The van der Waals surface area contributed by atoms with E-state index in [-0.39, 0.29) is 0 Å². The molecule has 1 unspecified atom stereocenters. The van der Waals surface area contributed by atoms with Crippen molar-refractivity contribution in [3.63, 3.8) is 0 Å². The van der Waals surface area contributed by atoms with Crippen LogP contribution in [0.5, 0.6) is 0 Å². The van der Waals surface area contributed by atoms with Gasteiger partial charge in [0.2, 0.25) is 0 Å². The molecule has 88 valence electrons. The number of hydrogen-bond donors (Lipinski definition) is 3. The molecule has 3 heterocycles. The average Bonchev–Trinajstić information content (AvgIpc) is 2.81. The Morgan fingerprint density at radius 1 is 1.47 bits per heavy atom. The Hall–Kier alpha value is -1.82. The summed E-state index contributed by atoms with van der Waals surface area (Å²) in [5.41, 5.74) is 7.76. The SMILES string of the molecule is CC1CNc2c(N)nc(-c3ccsc3)nc2N1. The lowest BCUT2D eigenvalue weighted by molar-refractivity contribution is 0.806. The molecular weight excluding hydrogens is 234 g/mol. The van der Waals surface area contributed by atoms with Gasteiger partial charge in [0.1, 0.15) is 5.69 Å². The van der Waals surface area contributed by atoms with Gasteiger partial charge in [0.25, 0.3) is 0 Å². The average molecular weight is 247 g/mol. The molecule has 0 saturated carbocycles. The predicted octanol–water partition coefficient (Wildman–Crippen LogP) is 2.01. The number of nitrogens with two attached hydrogens (primary N) is 1. The summed E-state index contributed by atoms with van der Waals surface area (Å²) in [6.07, 6.45) is 0.